The van der Waals surface area contributed by atoms with Crippen molar-refractivity contribution < 1.29 is 4.79 Å². The third-order valence-electron chi connectivity index (χ3n) is 4.48. The van der Waals surface area contributed by atoms with Crippen LogP contribution in [0.2, 0.25) is 0 Å². The number of carbonyl (C=O) groups is 1. The number of thioether (sulfide) groups is 1. The first kappa shape index (κ1) is 17.7. The average Bonchev–Trinajstić information content (AvgIpc) is 2.66. The zero-order valence-electron chi connectivity index (χ0n) is 14.7. The Morgan fingerprint density at radius 1 is 1.32 bits per heavy atom. The molecular formula is C19H24N4OS. The maximum absolute atomic E-state index is 12.6. The predicted octanol–water partition coefficient (Wildman–Crippen LogP) is 3.04. The summed E-state index contributed by atoms with van der Waals surface area (Å²) in [5.41, 5.74) is 2.08. The Morgan fingerprint density at radius 2 is 2.12 bits per heavy atom. The molecule has 1 aliphatic heterocycles. The summed E-state index contributed by atoms with van der Waals surface area (Å²) in [6, 6.07) is 10.2. The van der Waals surface area contributed by atoms with E-state index in [1.807, 2.05) is 13.0 Å². The average molecular weight is 356 g/mol. The quantitative estimate of drug-likeness (QED) is 0.835. The van der Waals surface area contributed by atoms with Gasteiger partial charge in [-0.3, -0.25) is 4.79 Å². The Hall–Kier alpha value is -2.08. The maximum Gasteiger partial charge on any atom is 0.225 e. The van der Waals surface area contributed by atoms with Crippen molar-refractivity contribution in [2.24, 2.45) is 5.92 Å². The van der Waals surface area contributed by atoms with Gasteiger partial charge < -0.3 is 10.2 Å². The molecule has 0 radical (unpaired) electrons. The van der Waals surface area contributed by atoms with Crippen LogP contribution < -0.4 is 10.2 Å². The lowest BCUT2D eigenvalue weighted by atomic mass is 9.97. The summed E-state index contributed by atoms with van der Waals surface area (Å²) < 4.78 is 0. The van der Waals surface area contributed by atoms with Crippen molar-refractivity contribution >= 4 is 23.6 Å². The molecule has 5 nitrogen and oxygen atoms in total. The summed E-state index contributed by atoms with van der Waals surface area (Å²) in [5.74, 6) is 0.833. The minimum Gasteiger partial charge on any atom is -0.352 e. The largest absolute Gasteiger partial charge is 0.352 e. The van der Waals surface area contributed by atoms with E-state index in [0.29, 0.717) is 13.1 Å². The van der Waals surface area contributed by atoms with Gasteiger partial charge in [-0.15, -0.1) is 11.8 Å². The molecule has 1 aromatic carbocycles. The summed E-state index contributed by atoms with van der Waals surface area (Å²) in [4.78, 5) is 24.7. The Bertz CT molecular complexity index is 720. The van der Waals surface area contributed by atoms with Crippen LogP contribution in [0.1, 0.15) is 24.1 Å². The fraction of sp³-hybridized carbons (Fsp3) is 0.421. The third kappa shape index (κ3) is 4.72. The standard InChI is InChI=1S/C19H24N4OS/c1-14-9-10-20-19(22-14)23-11-3-4-16(13-23)18(24)21-12-15-5-7-17(25-2)8-6-15/h5-10,16H,3-4,11-13H2,1-2H3,(H,21,24)/t16-/m0/s1. The van der Waals surface area contributed by atoms with Crippen molar-refractivity contribution in [1.29, 1.82) is 0 Å². The zero-order chi connectivity index (χ0) is 17.6. The van der Waals surface area contributed by atoms with E-state index in [1.165, 1.54) is 4.90 Å². The second kappa shape index (κ2) is 8.34. The SMILES string of the molecule is CSc1ccc(CNC(=O)[C@H]2CCCN(c3nccc(C)n3)C2)cc1. The maximum atomic E-state index is 12.6. The van der Waals surface area contributed by atoms with Gasteiger partial charge in [0.15, 0.2) is 0 Å². The first-order valence-corrected chi connectivity index (χ1v) is 9.83. The summed E-state index contributed by atoms with van der Waals surface area (Å²) in [7, 11) is 0. The van der Waals surface area contributed by atoms with E-state index in [9.17, 15) is 4.79 Å². The molecule has 1 aliphatic rings. The minimum absolute atomic E-state index is 0.0108. The zero-order valence-corrected chi connectivity index (χ0v) is 15.6. The molecule has 1 fully saturated rings. The van der Waals surface area contributed by atoms with Crippen LogP contribution >= 0.6 is 11.8 Å². The highest BCUT2D eigenvalue weighted by Gasteiger charge is 2.26. The lowest BCUT2D eigenvalue weighted by Crippen LogP contribution is -2.43. The number of amides is 1. The minimum atomic E-state index is -0.0108. The van der Waals surface area contributed by atoms with Gasteiger partial charge in [-0.25, -0.2) is 9.97 Å². The number of aryl methyl sites for hydroxylation is 1. The number of nitrogens with zero attached hydrogens (tertiary/aromatic N) is 3. The van der Waals surface area contributed by atoms with Crippen molar-refractivity contribution in [3.05, 3.63) is 47.8 Å². The second-order valence-electron chi connectivity index (χ2n) is 6.35. The van der Waals surface area contributed by atoms with E-state index in [-0.39, 0.29) is 11.8 Å². The van der Waals surface area contributed by atoms with Crippen LogP contribution in [0, 0.1) is 12.8 Å². The number of hydrogen-bond acceptors (Lipinski definition) is 5. The van der Waals surface area contributed by atoms with E-state index in [0.717, 1.165) is 36.6 Å². The molecule has 25 heavy (non-hydrogen) atoms. The van der Waals surface area contributed by atoms with Gasteiger partial charge in [0, 0.05) is 36.4 Å². The van der Waals surface area contributed by atoms with Crippen LogP contribution in [0.25, 0.3) is 0 Å². The van der Waals surface area contributed by atoms with E-state index in [4.69, 9.17) is 0 Å². The summed E-state index contributed by atoms with van der Waals surface area (Å²) in [6.45, 7) is 4.12. The Morgan fingerprint density at radius 3 is 2.84 bits per heavy atom. The molecule has 0 spiro atoms. The van der Waals surface area contributed by atoms with Crippen molar-refractivity contribution in [1.82, 2.24) is 15.3 Å². The predicted molar refractivity (Wildman–Crippen MR) is 102 cm³/mol. The van der Waals surface area contributed by atoms with Gasteiger partial charge in [-0.05, 0) is 49.8 Å². The number of anilines is 1. The summed E-state index contributed by atoms with van der Waals surface area (Å²) >= 11 is 1.72. The van der Waals surface area contributed by atoms with Crippen LogP contribution in [0.4, 0.5) is 5.95 Å². The highest BCUT2D eigenvalue weighted by molar-refractivity contribution is 7.98. The Kier molecular flexibility index (Phi) is 5.91. The smallest absolute Gasteiger partial charge is 0.225 e. The molecule has 0 aliphatic carbocycles. The first-order chi connectivity index (χ1) is 12.2. The molecule has 1 amide bonds. The molecule has 2 heterocycles. The Balaban J connectivity index is 1.56. The number of benzene rings is 1. The van der Waals surface area contributed by atoms with Crippen molar-refractivity contribution in [3.8, 4) is 0 Å². The molecule has 132 valence electrons. The fourth-order valence-corrected chi connectivity index (χ4v) is 3.45. The molecule has 0 bridgehead atoms. The number of aromatic nitrogens is 2. The lowest BCUT2D eigenvalue weighted by molar-refractivity contribution is -0.125. The van der Waals surface area contributed by atoms with Crippen LogP contribution in [0.5, 0.6) is 0 Å². The van der Waals surface area contributed by atoms with Crippen LogP contribution in [0.15, 0.2) is 41.4 Å². The van der Waals surface area contributed by atoms with Crippen molar-refractivity contribution in [2.45, 2.75) is 31.2 Å². The van der Waals surface area contributed by atoms with Gasteiger partial charge in [-0.1, -0.05) is 12.1 Å². The van der Waals surface area contributed by atoms with Crippen LogP contribution in [-0.4, -0.2) is 35.2 Å². The van der Waals surface area contributed by atoms with Gasteiger partial charge in [0.05, 0.1) is 5.92 Å². The summed E-state index contributed by atoms with van der Waals surface area (Å²) in [6.07, 6.45) is 5.74. The third-order valence-corrected chi connectivity index (χ3v) is 5.23. The molecule has 1 atom stereocenters. The van der Waals surface area contributed by atoms with E-state index in [2.05, 4.69) is 50.7 Å². The van der Waals surface area contributed by atoms with Crippen molar-refractivity contribution in [2.75, 3.05) is 24.2 Å². The fourth-order valence-electron chi connectivity index (χ4n) is 3.04. The number of carbonyl (C=O) groups excluding carboxylic acids is 1. The topological polar surface area (TPSA) is 58.1 Å². The van der Waals surface area contributed by atoms with Gasteiger partial charge in [-0.2, -0.15) is 0 Å². The van der Waals surface area contributed by atoms with Crippen molar-refractivity contribution in [3.63, 3.8) is 0 Å². The summed E-state index contributed by atoms with van der Waals surface area (Å²) in [5, 5.41) is 3.08. The molecular weight excluding hydrogens is 332 g/mol. The molecule has 0 unspecified atom stereocenters. The lowest BCUT2D eigenvalue weighted by Gasteiger charge is -2.32. The molecule has 3 rings (SSSR count). The molecule has 1 aromatic heterocycles. The molecule has 6 heteroatoms. The highest BCUT2D eigenvalue weighted by Crippen LogP contribution is 2.21. The van der Waals surface area contributed by atoms with Gasteiger partial charge in [0.1, 0.15) is 0 Å². The molecule has 1 N–H and O–H groups in total. The van der Waals surface area contributed by atoms with E-state index >= 15 is 0 Å². The normalized spacial score (nSPS) is 17.4. The molecule has 2 aromatic rings. The molecule has 1 saturated heterocycles. The second-order valence-corrected chi connectivity index (χ2v) is 7.23. The van der Waals surface area contributed by atoms with Gasteiger partial charge in [0.2, 0.25) is 11.9 Å². The monoisotopic (exact) mass is 356 g/mol. The van der Waals surface area contributed by atoms with Gasteiger partial charge in [0.25, 0.3) is 0 Å². The number of nitrogens with one attached hydrogen (secondary N) is 1. The Labute approximate surface area is 153 Å². The molecule has 0 saturated carbocycles. The highest BCUT2D eigenvalue weighted by atomic mass is 32.2. The van der Waals surface area contributed by atoms with Gasteiger partial charge >= 0.3 is 0 Å². The first-order valence-electron chi connectivity index (χ1n) is 8.61. The number of piperidine rings is 1. The number of rotatable bonds is 5. The van der Waals surface area contributed by atoms with Crippen LogP contribution in [0.3, 0.4) is 0 Å². The van der Waals surface area contributed by atoms with E-state index < -0.39 is 0 Å². The number of hydrogen-bond donors (Lipinski definition) is 1. The van der Waals surface area contributed by atoms with Crippen LogP contribution in [-0.2, 0) is 11.3 Å². The van der Waals surface area contributed by atoms with E-state index in [1.54, 1.807) is 18.0 Å².